The number of hydrogen-bond donors (Lipinski definition) is 2. The van der Waals surface area contributed by atoms with Gasteiger partial charge in [-0.25, -0.2) is 0 Å². The van der Waals surface area contributed by atoms with E-state index in [4.69, 9.17) is 4.74 Å². The maximum Gasteiger partial charge on any atom is 0.307 e. The Morgan fingerprint density at radius 2 is 1.48 bits per heavy atom. The van der Waals surface area contributed by atoms with Crippen LogP contribution >= 0.6 is 0 Å². The molecule has 5 heteroatoms. The van der Waals surface area contributed by atoms with Crippen molar-refractivity contribution in [3.05, 3.63) is 76.9 Å². The van der Waals surface area contributed by atoms with Gasteiger partial charge in [-0.15, -0.1) is 0 Å². The van der Waals surface area contributed by atoms with E-state index >= 15 is 0 Å². The molecule has 0 radical (unpaired) electrons. The average molecular weight is 393 g/mol. The van der Waals surface area contributed by atoms with E-state index in [9.17, 15) is 14.7 Å². The highest BCUT2D eigenvalue weighted by atomic mass is 16.5. The Bertz CT molecular complexity index is 902. The van der Waals surface area contributed by atoms with E-state index in [1.807, 2.05) is 68.4 Å². The number of rotatable bonds is 6. The van der Waals surface area contributed by atoms with Crippen molar-refractivity contribution in [3.63, 3.8) is 0 Å². The summed E-state index contributed by atoms with van der Waals surface area (Å²) in [4.78, 5) is 25.0. The number of carboxylic acid groups (broad SMARTS) is 1. The minimum atomic E-state index is -0.919. The van der Waals surface area contributed by atoms with Gasteiger partial charge < -0.3 is 15.2 Å². The summed E-state index contributed by atoms with van der Waals surface area (Å²) in [6.07, 6.45) is 0.885. The summed E-state index contributed by atoms with van der Waals surface area (Å²) >= 11 is 0. The molecule has 5 nitrogen and oxygen atoms in total. The van der Waals surface area contributed by atoms with E-state index in [-0.39, 0.29) is 11.9 Å². The Morgan fingerprint density at radius 3 is 2.03 bits per heavy atom. The molecule has 0 fully saturated rings. The molecule has 1 aliphatic rings. The molecular weight excluding hydrogens is 366 g/mol. The van der Waals surface area contributed by atoms with Crippen LogP contribution in [-0.4, -0.2) is 24.1 Å². The molecule has 3 atom stereocenters. The highest BCUT2D eigenvalue weighted by Crippen LogP contribution is 2.35. The fraction of sp³-hybridized carbons (Fsp3) is 0.333. The van der Waals surface area contributed by atoms with E-state index in [1.54, 1.807) is 7.11 Å². The number of carbonyl (C=O) groups is 2. The number of benzene rings is 2. The normalized spacial score (nSPS) is 20.1. The zero-order chi connectivity index (χ0) is 21.0. The Hall–Kier alpha value is -3.08. The summed E-state index contributed by atoms with van der Waals surface area (Å²) in [5.41, 5.74) is 4.02. The van der Waals surface area contributed by atoms with Crippen molar-refractivity contribution < 1.29 is 19.4 Å². The molecule has 0 aliphatic heterocycles. The van der Waals surface area contributed by atoms with Crippen LogP contribution in [0.4, 0.5) is 0 Å². The fourth-order valence-electron chi connectivity index (χ4n) is 3.88. The zero-order valence-corrected chi connectivity index (χ0v) is 17.0. The van der Waals surface area contributed by atoms with Gasteiger partial charge in [0, 0.05) is 0 Å². The molecule has 0 spiro atoms. The van der Waals surface area contributed by atoms with Gasteiger partial charge in [0.2, 0.25) is 5.91 Å². The van der Waals surface area contributed by atoms with Crippen LogP contribution in [0.25, 0.3) is 0 Å². The first-order valence-corrected chi connectivity index (χ1v) is 9.78. The van der Waals surface area contributed by atoms with Gasteiger partial charge in [-0.1, -0.05) is 53.6 Å². The lowest BCUT2D eigenvalue weighted by Crippen LogP contribution is -2.41. The van der Waals surface area contributed by atoms with Crippen LogP contribution in [0, 0.1) is 11.8 Å². The molecule has 2 aromatic carbocycles. The number of aliphatic carboxylic acids is 1. The smallest absolute Gasteiger partial charge is 0.307 e. The van der Waals surface area contributed by atoms with Crippen LogP contribution in [0.2, 0.25) is 0 Å². The van der Waals surface area contributed by atoms with Gasteiger partial charge in [0.15, 0.2) is 0 Å². The first kappa shape index (κ1) is 20.6. The Kier molecular flexibility index (Phi) is 6.37. The number of carboxylic acids is 1. The molecule has 0 saturated carbocycles. The summed E-state index contributed by atoms with van der Waals surface area (Å²) in [6, 6.07) is 16.9. The molecule has 152 valence electrons. The van der Waals surface area contributed by atoms with Crippen molar-refractivity contribution in [2.75, 3.05) is 7.11 Å². The highest BCUT2D eigenvalue weighted by Gasteiger charge is 2.38. The minimum absolute atomic E-state index is 0.228. The van der Waals surface area contributed by atoms with Gasteiger partial charge in [-0.2, -0.15) is 0 Å². The quantitative estimate of drug-likeness (QED) is 0.716. The lowest BCUT2D eigenvalue weighted by atomic mass is 9.76. The standard InChI is InChI=1S/C24H27NO4/c1-15-13-20(21(24(27)28)14-16(15)2)23(26)25-22(17-7-5-4-6-8-17)18-9-11-19(29-3)12-10-18/h4-12,20-22H,13-14H2,1-3H3,(H,25,26)(H,27,28)/t20-,21-,22-/m1/s1. The zero-order valence-electron chi connectivity index (χ0n) is 17.0. The third kappa shape index (κ3) is 4.67. The monoisotopic (exact) mass is 393 g/mol. The fourth-order valence-corrected chi connectivity index (χ4v) is 3.88. The number of ether oxygens (including phenoxy) is 1. The third-order valence-electron chi connectivity index (χ3n) is 5.79. The van der Waals surface area contributed by atoms with Crippen LogP contribution < -0.4 is 10.1 Å². The van der Waals surface area contributed by atoms with Crippen LogP contribution in [0.15, 0.2) is 65.7 Å². The second-order valence-electron chi connectivity index (χ2n) is 7.65. The van der Waals surface area contributed by atoms with Crippen molar-refractivity contribution in [1.82, 2.24) is 5.32 Å². The van der Waals surface area contributed by atoms with Crippen LogP contribution in [0.3, 0.4) is 0 Å². The first-order chi connectivity index (χ1) is 13.9. The Labute approximate surface area is 171 Å². The van der Waals surface area contributed by atoms with Gasteiger partial charge in [0.1, 0.15) is 5.75 Å². The number of methoxy groups -OCH3 is 1. The van der Waals surface area contributed by atoms with Crippen molar-refractivity contribution in [2.24, 2.45) is 11.8 Å². The van der Waals surface area contributed by atoms with Gasteiger partial charge in [-0.05, 0) is 49.9 Å². The van der Waals surface area contributed by atoms with Crippen LogP contribution in [-0.2, 0) is 9.59 Å². The van der Waals surface area contributed by atoms with Crippen LogP contribution in [0.5, 0.6) is 5.75 Å². The SMILES string of the molecule is COc1ccc([C@H](NC(=O)[C@@H]2CC(C)=C(C)C[C@H]2C(=O)O)c2ccccc2)cc1. The summed E-state index contributed by atoms with van der Waals surface area (Å²) in [6.45, 7) is 3.93. The van der Waals surface area contributed by atoms with E-state index in [1.165, 1.54) is 0 Å². The number of hydrogen-bond acceptors (Lipinski definition) is 3. The Morgan fingerprint density at radius 1 is 0.931 bits per heavy atom. The van der Waals surface area contributed by atoms with Crippen LogP contribution in [0.1, 0.15) is 43.9 Å². The molecule has 29 heavy (non-hydrogen) atoms. The van der Waals surface area contributed by atoms with Gasteiger partial charge >= 0.3 is 5.97 Å². The number of nitrogens with one attached hydrogen (secondary N) is 1. The van der Waals surface area contributed by atoms with E-state index in [2.05, 4.69) is 5.32 Å². The van der Waals surface area contributed by atoms with Crippen molar-refractivity contribution in [3.8, 4) is 5.75 Å². The lowest BCUT2D eigenvalue weighted by Gasteiger charge is -2.31. The molecular formula is C24H27NO4. The number of carbonyl (C=O) groups excluding carboxylic acids is 1. The van der Waals surface area contributed by atoms with E-state index < -0.39 is 17.8 Å². The second kappa shape index (κ2) is 8.95. The minimum Gasteiger partial charge on any atom is -0.497 e. The molecule has 2 aromatic rings. The predicted octanol–water partition coefficient (Wildman–Crippen LogP) is 4.35. The highest BCUT2D eigenvalue weighted by molar-refractivity contribution is 5.86. The molecule has 0 bridgehead atoms. The van der Waals surface area contributed by atoms with Crippen molar-refractivity contribution in [1.29, 1.82) is 0 Å². The van der Waals surface area contributed by atoms with Gasteiger partial charge in [0.05, 0.1) is 25.0 Å². The molecule has 3 rings (SSSR count). The molecule has 2 N–H and O–H groups in total. The van der Waals surface area contributed by atoms with Crippen molar-refractivity contribution in [2.45, 2.75) is 32.7 Å². The summed E-state index contributed by atoms with van der Waals surface area (Å²) in [5.74, 6) is -1.69. The molecule has 0 saturated heterocycles. The molecule has 1 amide bonds. The maximum atomic E-state index is 13.2. The summed E-state index contributed by atoms with van der Waals surface area (Å²) < 4.78 is 5.24. The molecule has 0 heterocycles. The Balaban J connectivity index is 1.90. The predicted molar refractivity (Wildman–Crippen MR) is 112 cm³/mol. The largest absolute Gasteiger partial charge is 0.497 e. The van der Waals surface area contributed by atoms with E-state index in [0.29, 0.717) is 12.8 Å². The second-order valence-corrected chi connectivity index (χ2v) is 7.65. The summed E-state index contributed by atoms with van der Waals surface area (Å²) in [7, 11) is 1.61. The first-order valence-electron chi connectivity index (χ1n) is 9.78. The molecule has 0 unspecified atom stereocenters. The maximum absolute atomic E-state index is 13.2. The molecule has 0 aromatic heterocycles. The number of amides is 1. The molecule has 1 aliphatic carbocycles. The van der Waals surface area contributed by atoms with Gasteiger partial charge in [-0.3, -0.25) is 9.59 Å². The number of allylic oxidation sites excluding steroid dienone is 2. The van der Waals surface area contributed by atoms with E-state index in [0.717, 1.165) is 28.0 Å². The third-order valence-corrected chi connectivity index (χ3v) is 5.79. The van der Waals surface area contributed by atoms with Gasteiger partial charge in [0.25, 0.3) is 0 Å². The lowest BCUT2D eigenvalue weighted by molar-refractivity contribution is -0.147. The average Bonchev–Trinajstić information content (AvgIpc) is 2.74. The summed E-state index contributed by atoms with van der Waals surface area (Å²) in [5, 5.41) is 12.8. The van der Waals surface area contributed by atoms with Crippen molar-refractivity contribution >= 4 is 11.9 Å². The topological polar surface area (TPSA) is 75.6 Å².